The molecule has 2 N–H and O–H groups in total. The molecule has 1 aromatic rings. The molecule has 6 heteroatoms. The third-order valence-corrected chi connectivity index (χ3v) is 6.48. The number of nitrogens with zero attached hydrogens (tertiary/aromatic N) is 2. The van der Waals surface area contributed by atoms with Crippen molar-refractivity contribution >= 4 is 22.8 Å². The predicted octanol–water partition coefficient (Wildman–Crippen LogP) is 5.24. The SMILES string of the molecule is CC(C)CN(CC(C)C)c1ccc(C2=C([O-])/C(=C3/C=CC(=[N+](CC(C)C)CC(C)C)C=C3O)C2=O)c(O)c1. The Labute approximate surface area is 228 Å². The maximum atomic E-state index is 13.2. The molecule has 0 spiro atoms. The average molecular weight is 521 g/mol. The van der Waals surface area contributed by atoms with Crippen LogP contribution in [0.2, 0.25) is 0 Å². The highest BCUT2D eigenvalue weighted by atomic mass is 16.3. The second-order valence-corrected chi connectivity index (χ2v) is 12.2. The third-order valence-electron chi connectivity index (χ3n) is 6.48. The number of carbonyl (C=O) groups excluding carboxylic acids is 1. The lowest BCUT2D eigenvalue weighted by Gasteiger charge is -2.33. The Kier molecular flexibility index (Phi) is 9.29. The molecule has 206 valence electrons. The summed E-state index contributed by atoms with van der Waals surface area (Å²) in [5.41, 5.74) is 2.12. The molecule has 0 atom stereocenters. The van der Waals surface area contributed by atoms with Gasteiger partial charge in [0.1, 0.15) is 24.6 Å². The minimum Gasteiger partial charge on any atom is -0.871 e. The van der Waals surface area contributed by atoms with Crippen molar-refractivity contribution in [3.8, 4) is 5.75 Å². The zero-order valence-corrected chi connectivity index (χ0v) is 24.2. The van der Waals surface area contributed by atoms with Crippen molar-refractivity contribution in [2.75, 3.05) is 31.1 Å². The summed E-state index contributed by atoms with van der Waals surface area (Å²) in [6, 6.07) is 5.14. The number of hydrogen-bond acceptors (Lipinski definition) is 5. The fourth-order valence-corrected chi connectivity index (χ4v) is 5.07. The van der Waals surface area contributed by atoms with Gasteiger partial charge in [-0.25, -0.2) is 4.58 Å². The molecule has 0 amide bonds. The molecule has 38 heavy (non-hydrogen) atoms. The quantitative estimate of drug-likeness (QED) is 0.326. The monoisotopic (exact) mass is 520 g/mol. The molecule has 6 nitrogen and oxygen atoms in total. The molecule has 0 saturated carbocycles. The van der Waals surface area contributed by atoms with E-state index in [-0.39, 0.29) is 33.8 Å². The molecule has 0 heterocycles. The molecule has 0 aromatic heterocycles. The van der Waals surface area contributed by atoms with Crippen LogP contribution in [0.4, 0.5) is 5.69 Å². The maximum Gasteiger partial charge on any atom is 0.203 e. The fourth-order valence-electron chi connectivity index (χ4n) is 5.07. The van der Waals surface area contributed by atoms with Crippen LogP contribution in [0.25, 0.3) is 5.57 Å². The van der Waals surface area contributed by atoms with E-state index >= 15 is 0 Å². The number of phenols is 1. The van der Waals surface area contributed by atoms with Crippen LogP contribution in [-0.2, 0) is 4.79 Å². The van der Waals surface area contributed by atoms with Crippen molar-refractivity contribution < 1.29 is 24.7 Å². The summed E-state index contributed by atoms with van der Waals surface area (Å²) in [5.74, 6) is 0.684. The van der Waals surface area contributed by atoms with Crippen molar-refractivity contribution in [2.24, 2.45) is 23.7 Å². The summed E-state index contributed by atoms with van der Waals surface area (Å²) >= 11 is 0. The van der Waals surface area contributed by atoms with Crippen LogP contribution in [0.1, 0.15) is 61.0 Å². The lowest BCUT2D eigenvalue weighted by molar-refractivity contribution is -0.538. The number of aliphatic hydroxyl groups excluding tert-OH is 1. The van der Waals surface area contributed by atoms with Gasteiger partial charge in [-0.2, -0.15) is 0 Å². The number of phenolic OH excluding ortho intramolecular Hbond substituents is 1. The van der Waals surface area contributed by atoms with Crippen molar-refractivity contribution in [3.05, 3.63) is 64.7 Å². The average Bonchev–Trinajstić information content (AvgIpc) is 2.79. The number of rotatable bonds is 10. The van der Waals surface area contributed by atoms with E-state index in [4.69, 9.17) is 0 Å². The van der Waals surface area contributed by atoms with Gasteiger partial charge in [0, 0.05) is 65.0 Å². The standard InChI is InChI=1S/C32H44N2O4/c1-19(2)15-33(16-20(3)4)23-9-11-25(27(35)13-23)29-31(37)30(32(29)38)26-12-10-24(14-28(26)36)34(17-21(5)6)18-22(7)8/h9-14,19-22H,15-18H2,1-8H3,(H2,35,36,37,38). The Bertz CT molecular complexity index is 1200. The molecule has 2 aliphatic rings. The Balaban J connectivity index is 1.95. The van der Waals surface area contributed by atoms with Crippen LogP contribution in [-0.4, -0.2) is 52.5 Å². The summed E-state index contributed by atoms with van der Waals surface area (Å²) in [4.78, 5) is 15.4. The normalized spacial score (nSPS) is 17.7. The van der Waals surface area contributed by atoms with E-state index in [1.54, 1.807) is 24.3 Å². The molecule has 0 radical (unpaired) electrons. The van der Waals surface area contributed by atoms with Crippen LogP contribution in [0.3, 0.4) is 0 Å². The molecular formula is C32H44N2O4. The van der Waals surface area contributed by atoms with E-state index in [9.17, 15) is 20.1 Å². The van der Waals surface area contributed by atoms with Gasteiger partial charge in [-0.1, -0.05) is 61.1 Å². The van der Waals surface area contributed by atoms with Gasteiger partial charge in [0.05, 0.1) is 6.08 Å². The molecule has 0 saturated heterocycles. The predicted molar refractivity (Wildman–Crippen MR) is 153 cm³/mol. The molecular weight excluding hydrogens is 476 g/mol. The van der Waals surface area contributed by atoms with Gasteiger partial charge in [0.25, 0.3) is 0 Å². The molecule has 0 aliphatic heterocycles. The van der Waals surface area contributed by atoms with E-state index in [0.717, 1.165) is 37.6 Å². The number of aliphatic hydroxyl groups is 1. The van der Waals surface area contributed by atoms with E-state index in [0.29, 0.717) is 23.7 Å². The van der Waals surface area contributed by atoms with Gasteiger partial charge in [-0.15, -0.1) is 0 Å². The van der Waals surface area contributed by atoms with Crippen molar-refractivity contribution in [1.82, 2.24) is 0 Å². The minimum absolute atomic E-state index is 0.0342. The molecule has 0 bridgehead atoms. The van der Waals surface area contributed by atoms with Gasteiger partial charge in [-0.05, 0) is 30.0 Å². The van der Waals surface area contributed by atoms with Gasteiger partial charge < -0.3 is 20.2 Å². The number of Topliss-reactive ketones (excluding diaryl/α,β-unsaturated/α-hetero) is 1. The molecule has 1 aromatic carbocycles. The fraction of sp³-hybridized carbons (Fsp3) is 0.500. The van der Waals surface area contributed by atoms with Crippen LogP contribution >= 0.6 is 0 Å². The molecule has 3 rings (SSSR count). The Hall–Kier alpha value is -3.28. The van der Waals surface area contributed by atoms with Crippen LogP contribution in [0.15, 0.2) is 59.1 Å². The van der Waals surface area contributed by atoms with Gasteiger partial charge in [0.2, 0.25) is 5.71 Å². The first-order valence-corrected chi connectivity index (χ1v) is 13.8. The number of allylic oxidation sites excluding steroid dienone is 5. The van der Waals surface area contributed by atoms with Crippen molar-refractivity contribution in [2.45, 2.75) is 55.4 Å². The van der Waals surface area contributed by atoms with Crippen LogP contribution in [0, 0.1) is 23.7 Å². The van der Waals surface area contributed by atoms with Gasteiger partial charge in [-0.3, -0.25) is 4.79 Å². The first kappa shape index (κ1) is 29.3. The summed E-state index contributed by atoms with van der Waals surface area (Å²) in [7, 11) is 0. The molecule has 0 unspecified atom stereocenters. The summed E-state index contributed by atoms with van der Waals surface area (Å²) in [5, 5.41) is 34.8. The topological polar surface area (TPSA) is 86.8 Å². The Morgan fingerprint density at radius 3 is 1.87 bits per heavy atom. The summed E-state index contributed by atoms with van der Waals surface area (Å²) in [6.07, 6.45) is 5.14. The van der Waals surface area contributed by atoms with Crippen molar-refractivity contribution in [3.63, 3.8) is 0 Å². The number of carbonyl (C=O) groups is 1. The van der Waals surface area contributed by atoms with E-state index in [1.807, 2.05) is 12.1 Å². The van der Waals surface area contributed by atoms with Gasteiger partial charge in [0.15, 0.2) is 5.78 Å². The van der Waals surface area contributed by atoms with Crippen LogP contribution < -0.4 is 10.0 Å². The minimum atomic E-state index is -0.455. The number of hydrogen-bond donors (Lipinski definition) is 2. The number of ketones is 1. The Morgan fingerprint density at radius 2 is 1.42 bits per heavy atom. The summed E-state index contributed by atoms with van der Waals surface area (Å²) < 4.78 is 2.22. The largest absolute Gasteiger partial charge is 0.871 e. The number of anilines is 1. The third kappa shape index (κ3) is 6.58. The molecule has 0 fully saturated rings. The van der Waals surface area contributed by atoms with Crippen LogP contribution in [0.5, 0.6) is 5.75 Å². The van der Waals surface area contributed by atoms with Gasteiger partial charge >= 0.3 is 0 Å². The Morgan fingerprint density at radius 1 is 0.842 bits per heavy atom. The number of aromatic hydroxyl groups is 1. The second kappa shape index (κ2) is 12.1. The highest BCUT2D eigenvalue weighted by molar-refractivity contribution is 6.39. The maximum absolute atomic E-state index is 13.2. The van der Waals surface area contributed by atoms with Crippen molar-refractivity contribution in [1.29, 1.82) is 0 Å². The van der Waals surface area contributed by atoms with E-state index in [1.165, 1.54) is 0 Å². The van der Waals surface area contributed by atoms with E-state index < -0.39 is 11.5 Å². The molecule has 2 aliphatic carbocycles. The lowest BCUT2D eigenvalue weighted by atomic mass is 9.79. The summed E-state index contributed by atoms with van der Waals surface area (Å²) in [6.45, 7) is 20.5. The van der Waals surface area contributed by atoms with E-state index in [2.05, 4.69) is 64.9 Å². The first-order chi connectivity index (χ1) is 17.8. The highest BCUT2D eigenvalue weighted by Crippen LogP contribution is 2.42. The zero-order valence-electron chi connectivity index (χ0n) is 24.2. The smallest absolute Gasteiger partial charge is 0.203 e. The first-order valence-electron chi connectivity index (χ1n) is 13.8. The number of benzene rings is 1. The second-order valence-electron chi connectivity index (χ2n) is 12.2. The zero-order chi connectivity index (χ0) is 28.3. The highest BCUT2D eigenvalue weighted by Gasteiger charge is 2.34. The lowest BCUT2D eigenvalue weighted by Crippen LogP contribution is -2.32.